The Hall–Kier alpha value is -2.22. The number of nitrogens with one attached hydrogen (secondary N) is 1. The molecule has 7 heteroatoms. The van der Waals surface area contributed by atoms with Crippen LogP contribution in [0.4, 0.5) is 0 Å². The van der Waals surface area contributed by atoms with E-state index >= 15 is 0 Å². The lowest BCUT2D eigenvalue weighted by molar-refractivity contribution is 0.191. The van der Waals surface area contributed by atoms with Gasteiger partial charge in [-0.05, 0) is 52.3 Å². The van der Waals surface area contributed by atoms with Crippen LogP contribution in [-0.4, -0.2) is 59.0 Å². The Balaban J connectivity index is 1.39. The summed E-state index contributed by atoms with van der Waals surface area (Å²) in [5, 5.41) is 8.06. The zero-order valence-corrected chi connectivity index (χ0v) is 16.6. The van der Waals surface area contributed by atoms with Gasteiger partial charge in [0.05, 0.1) is 10.2 Å². The minimum Gasteiger partial charge on any atom is -0.492 e. The van der Waals surface area contributed by atoms with Gasteiger partial charge in [0.2, 0.25) is 0 Å². The van der Waals surface area contributed by atoms with E-state index in [1.54, 1.807) is 12.4 Å². The van der Waals surface area contributed by atoms with Crippen molar-refractivity contribution >= 4 is 15.9 Å². The average Bonchev–Trinajstić information content (AvgIpc) is 3.12. The Kier molecular flexibility index (Phi) is 5.81. The third kappa shape index (κ3) is 4.55. The molecular formula is C20H22BrN5O. The minimum atomic E-state index is 0.707. The maximum Gasteiger partial charge on any atom is 0.119 e. The number of hydrogen-bond acceptors (Lipinski definition) is 5. The summed E-state index contributed by atoms with van der Waals surface area (Å²) >= 11 is 3.60. The van der Waals surface area contributed by atoms with Crippen molar-refractivity contribution in [3.05, 3.63) is 59.5 Å². The number of hydrogen-bond donors (Lipinski definition) is 1. The molecule has 1 aliphatic rings. The molecule has 1 fully saturated rings. The second-order valence-corrected chi connectivity index (χ2v) is 7.29. The van der Waals surface area contributed by atoms with Gasteiger partial charge in [-0.1, -0.05) is 0 Å². The molecule has 0 aliphatic carbocycles. The van der Waals surface area contributed by atoms with E-state index in [-0.39, 0.29) is 0 Å². The largest absolute Gasteiger partial charge is 0.492 e. The number of pyridine rings is 1. The molecule has 2 aromatic heterocycles. The first-order chi connectivity index (χ1) is 13.3. The lowest BCUT2D eigenvalue weighted by Crippen LogP contribution is -2.44. The molecule has 3 aromatic rings. The van der Waals surface area contributed by atoms with Gasteiger partial charge in [-0.15, -0.1) is 0 Å². The topological polar surface area (TPSA) is 55.2 Å². The number of aromatic nitrogens is 3. The Labute approximate surface area is 167 Å². The fourth-order valence-electron chi connectivity index (χ4n) is 3.11. The van der Waals surface area contributed by atoms with Gasteiger partial charge in [-0.25, -0.2) is 4.68 Å². The van der Waals surface area contributed by atoms with Crippen molar-refractivity contribution in [1.29, 1.82) is 0 Å². The van der Waals surface area contributed by atoms with Gasteiger partial charge in [0.15, 0.2) is 0 Å². The van der Waals surface area contributed by atoms with Gasteiger partial charge in [0.25, 0.3) is 0 Å². The summed E-state index contributed by atoms with van der Waals surface area (Å²) < 4.78 is 8.70. The van der Waals surface area contributed by atoms with E-state index in [1.807, 2.05) is 47.3 Å². The maximum atomic E-state index is 5.89. The molecule has 6 nitrogen and oxygen atoms in total. The highest BCUT2D eigenvalue weighted by atomic mass is 79.9. The number of ether oxygens (including phenoxy) is 1. The fraction of sp³-hybridized carbons (Fsp3) is 0.300. The molecule has 1 N–H and O–H groups in total. The van der Waals surface area contributed by atoms with Gasteiger partial charge in [-0.3, -0.25) is 9.88 Å². The summed E-state index contributed by atoms with van der Waals surface area (Å²) in [6, 6.07) is 11.9. The number of benzene rings is 1. The first-order valence-electron chi connectivity index (χ1n) is 9.11. The highest BCUT2D eigenvalue weighted by molar-refractivity contribution is 9.10. The molecular weight excluding hydrogens is 406 g/mol. The van der Waals surface area contributed by atoms with Crippen LogP contribution in [0.25, 0.3) is 16.9 Å². The zero-order chi connectivity index (χ0) is 18.5. The lowest BCUT2D eigenvalue weighted by atomic mass is 10.2. The first kappa shape index (κ1) is 18.2. The van der Waals surface area contributed by atoms with Crippen LogP contribution in [0.3, 0.4) is 0 Å². The molecule has 0 atom stereocenters. The second-order valence-electron chi connectivity index (χ2n) is 6.44. The normalized spacial score (nSPS) is 15.0. The summed E-state index contributed by atoms with van der Waals surface area (Å²) in [4.78, 5) is 6.48. The molecule has 1 aromatic carbocycles. The number of piperazine rings is 1. The van der Waals surface area contributed by atoms with Crippen LogP contribution in [0.2, 0.25) is 0 Å². The minimum absolute atomic E-state index is 0.707. The van der Waals surface area contributed by atoms with E-state index < -0.39 is 0 Å². The van der Waals surface area contributed by atoms with E-state index in [0.717, 1.165) is 59.9 Å². The van der Waals surface area contributed by atoms with Gasteiger partial charge < -0.3 is 10.1 Å². The van der Waals surface area contributed by atoms with Crippen molar-refractivity contribution in [3.63, 3.8) is 0 Å². The molecule has 0 bridgehead atoms. The molecule has 1 saturated heterocycles. The molecule has 0 spiro atoms. The van der Waals surface area contributed by atoms with E-state index in [4.69, 9.17) is 9.84 Å². The van der Waals surface area contributed by atoms with Gasteiger partial charge >= 0.3 is 0 Å². The second kappa shape index (κ2) is 8.65. The van der Waals surface area contributed by atoms with Crippen molar-refractivity contribution in [2.75, 3.05) is 39.3 Å². The molecule has 4 rings (SSSR count). The third-order valence-corrected chi connectivity index (χ3v) is 5.19. The highest BCUT2D eigenvalue weighted by Crippen LogP contribution is 2.27. The Morgan fingerprint density at radius 2 is 1.78 bits per heavy atom. The monoisotopic (exact) mass is 427 g/mol. The Morgan fingerprint density at radius 3 is 2.52 bits per heavy atom. The first-order valence-corrected chi connectivity index (χ1v) is 9.91. The van der Waals surface area contributed by atoms with Crippen LogP contribution in [0.15, 0.2) is 59.5 Å². The highest BCUT2D eigenvalue weighted by Gasteiger charge is 2.11. The van der Waals surface area contributed by atoms with Crippen molar-refractivity contribution in [2.45, 2.75) is 0 Å². The van der Waals surface area contributed by atoms with Crippen molar-refractivity contribution in [1.82, 2.24) is 25.0 Å². The molecule has 0 radical (unpaired) electrons. The summed E-state index contributed by atoms with van der Waals surface area (Å²) in [7, 11) is 0. The molecule has 27 heavy (non-hydrogen) atoms. The van der Waals surface area contributed by atoms with Crippen LogP contribution in [0.5, 0.6) is 5.75 Å². The smallest absolute Gasteiger partial charge is 0.119 e. The lowest BCUT2D eigenvalue weighted by Gasteiger charge is -2.26. The summed E-state index contributed by atoms with van der Waals surface area (Å²) in [5.41, 5.74) is 2.92. The molecule has 140 valence electrons. The molecule has 1 aliphatic heterocycles. The predicted molar refractivity (Wildman–Crippen MR) is 109 cm³/mol. The van der Waals surface area contributed by atoms with E-state index in [2.05, 4.69) is 31.1 Å². The summed E-state index contributed by atoms with van der Waals surface area (Å²) in [6.07, 6.45) is 5.51. The van der Waals surface area contributed by atoms with Crippen molar-refractivity contribution in [2.24, 2.45) is 0 Å². The summed E-state index contributed by atoms with van der Waals surface area (Å²) in [5.74, 6) is 0.884. The van der Waals surface area contributed by atoms with E-state index in [1.165, 1.54) is 0 Å². The maximum absolute atomic E-state index is 5.89. The van der Waals surface area contributed by atoms with E-state index in [9.17, 15) is 0 Å². The Bertz CT molecular complexity index is 860. The molecule has 3 heterocycles. The van der Waals surface area contributed by atoms with E-state index in [0.29, 0.717) is 6.61 Å². The molecule has 0 saturated carbocycles. The predicted octanol–water partition coefficient (Wildman–Crippen LogP) is 2.98. The zero-order valence-electron chi connectivity index (χ0n) is 15.0. The van der Waals surface area contributed by atoms with Crippen LogP contribution in [0.1, 0.15) is 0 Å². The van der Waals surface area contributed by atoms with Crippen molar-refractivity contribution in [3.8, 4) is 22.7 Å². The van der Waals surface area contributed by atoms with Gasteiger partial charge in [0.1, 0.15) is 18.1 Å². The Morgan fingerprint density at radius 1 is 1.04 bits per heavy atom. The molecule has 0 unspecified atom stereocenters. The third-order valence-electron chi connectivity index (χ3n) is 4.61. The number of rotatable bonds is 6. The fourth-order valence-corrected chi connectivity index (χ4v) is 3.62. The van der Waals surface area contributed by atoms with Crippen LogP contribution >= 0.6 is 15.9 Å². The number of nitrogens with zero attached hydrogens (tertiary/aromatic N) is 4. The van der Waals surface area contributed by atoms with Crippen molar-refractivity contribution < 1.29 is 4.74 Å². The summed E-state index contributed by atoms with van der Waals surface area (Å²) in [6.45, 7) is 5.99. The van der Waals surface area contributed by atoms with Crippen LogP contribution < -0.4 is 10.1 Å². The van der Waals surface area contributed by atoms with Gasteiger partial charge in [-0.2, -0.15) is 5.10 Å². The molecule has 0 amide bonds. The SMILES string of the molecule is Brc1cn(-c2ccc(OCCN3CCNCC3)cc2)nc1-c1ccncc1. The number of halogens is 1. The van der Waals surface area contributed by atoms with Crippen LogP contribution in [0, 0.1) is 0 Å². The van der Waals surface area contributed by atoms with Gasteiger partial charge in [0, 0.05) is 56.9 Å². The average molecular weight is 428 g/mol. The standard InChI is InChI=1S/C20H22BrN5O/c21-19-15-26(24-20(19)16-5-7-22-8-6-16)17-1-3-18(4-2-17)27-14-13-25-11-9-23-10-12-25/h1-8,15,23H,9-14H2. The van der Waals surface area contributed by atoms with Crippen LogP contribution in [-0.2, 0) is 0 Å². The quantitative estimate of drug-likeness (QED) is 0.655.